The lowest BCUT2D eigenvalue weighted by Gasteiger charge is -2.10. The Morgan fingerprint density at radius 1 is 1.33 bits per heavy atom. The molecule has 0 unspecified atom stereocenters. The lowest BCUT2D eigenvalue weighted by atomic mass is 10.2. The van der Waals surface area contributed by atoms with Crippen molar-refractivity contribution in [3.63, 3.8) is 0 Å². The molecule has 0 aliphatic rings. The van der Waals surface area contributed by atoms with Crippen LogP contribution in [-0.4, -0.2) is 20.5 Å². The molecule has 0 N–H and O–H groups in total. The van der Waals surface area contributed by atoms with Crippen molar-refractivity contribution in [2.75, 3.05) is 0 Å². The number of ether oxygens (including phenoxy) is 1. The molecular formula is C10H9ClF2O4S. The van der Waals surface area contributed by atoms with Crippen molar-refractivity contribution in [3.8, 4) is 0 Å². The van der Waals surface area contributed by atoms with Crippen LogP contribution in [0.15, 0.2) is 17.0 Å². The van der Waals surface area contributed by atoms with Gasteiger partial charge in [-0.15, -0.1) is 0 Å². The number of rotatable bonds is 3. The van der Waals surface area contributed by atoms with Crippen LogP contribution in [0.1, 0.15) is 24.2 Å². The molecule has 0 saturated carbocycles. The average Bonchev–Trinajstić information content (AvgIpc) is 2.18. The Morgan fingerprint density at radius 2 is 1.89 bits per heavy atom. The molecule has 100 valence electrons. The third kappa shape index (κ3) is 3.39. The maximum atomic E-state index is 13.7. The van der Waals surface area contributed by atoms with Gasteiger partial charge >= 0.3 is 5.97 Å². The average molecular weight is 299 g/mol. The highest BCUT2D eigenvalue weighted by molar-refractivity contribution is 8.13. The summed E-state index contributed by atoms with van der Waals surface area (Å²) >= 11 is 0. The van der Waals surface area contributed by atoms with Gasteiger partial charge in [-0.3, -0.25) is 0 Å². The number of esters is 1. The molecule has 0 bridgehead atoms. The van der Waals surface area contributed by atoms with Crippen LogP contribution in [-0.2, 0) is 13.8 Å². The Kier molecular flexibility index (Phi) is 4.28. The molecule has 0 fully saturated rings. The summed E-state index contributed by atoms with van der Waals surface area (Å²) in [5.74, 6) is -3.70. The van der Waals surface area contributed by atoms with E-state index >= 15 is 0 Å². The van der Waals surface area contributed by atoms with Crippen LogP contribution in [0.25, 0.3) is 0 Å². The molecule has 0 radical (unpaired) electrons. The lowest BCUT2D eigenvalue weighted by molar-refractivity contribution is 0.0371. The predicted octanol–water partition coefficient (Wildman–Crippen LogP) is 2.46. The number of carbonyl (C=O) groups excluding carboxylic acids is 1. The highest BCUT2D eigenvalue weighted by Crippen LogP contribution is 2.24. The molecule has 0 aromatic heterocycles. The first-order valence-corrected chi connectivity index (χ1v) is 7.08. The monoisotopic (exact) mass is 298 g/mol. The van der Waals surface area contributed by atoms with Gasteiger partial charge in [-0.1, -0.05) is 0 Å². The largest absolute Gasteiger partial charge is 0.459 e. The minimum atomic E-state index is -4.49. The number of halogens is 3. The van der Waals surface area contributed by atoms with E-state index in [0.29, 0.717) is 12.1 Å². The van der Waals surface area contributed by atoms with Gasteiger partial charge in [0.1, 0.15) is 10.7 Å². The molecule has 8 heteroatoms. The van der Waals surface area contributed by atoms with E-state index in [4.69, 9.17) is 10.7 Å². The topological polar surface area (TPSA) is 60.4 Å². The first-order valence-electron chi connectivity index (χ1n) is 4.77. The van der Waals surface area contributed by atoms with Crippen LogP contribution in [0.4, 0.5) is 8.78 Å². The molecule has 18 heavy (non-hydrogen) atoms. The molecule has 1 aromatic carbocycles. The normalized spacial score (nSPS) is 11.7. The van der Waals surface area contributed by atoms with E-state index in [-0.39, 0.29) is 0 Å². The molecule has 0 heterocycles. The quantitative estimate of drug-likeness (QED) is 0.635. The standard InChI is InChI=1S/C10H9ClF2O4S/c1-5(2)17-10(14)7-3-6(12)4-8(9(7)13)18(11,15)16/h3-5H,1-2H3. The summed E-state index contributed by atoms with van der Waals surface area (Å²) in [5.41, 5.74) is -0.817. The Hall–Kier alpha value is -1.21. The smallest absolute Gasteiger partial charge is 0.341 e. The van der Waals surface area contributed by atoms with Crippen molar-refractivity contribution >= 4 is 25.7 Å². The van der Waals surface area contributed by atoms with Gasteiger partial charge in [-0.2, -0.15) is 0 Å². The summed E-state index contributed by atoms with van der Waals surface area (Å²) < 4.78 is 53.5. The van der Waals surface area contributed by atoms with Crippen molar-refractivity contribution in [2.24, 2.45) is 0 Å². The van der Waals surface area contributed by atoms with E-state index in [1.165, 1.54) is 13.8 Å². The van der Waals surface area contributed by atoms with Crippen LogP contribution in [0.5, 0.6) is 0 Å². The fourth-order valence-corrected chi connectivity index (χ4v) is 2.08. The molecule has 0 saturated heterocycles. The summed E-state index contributed by atoms with van der Waals surface area (Å²) in [7, 11) is 0.441. The number of benzene rings is 1. The van der Waals surface area contributed by atoms with Gasteiger partial charge in [-0.25, -0.2) is 22.0 Å². The zero-order chi connectivity index (χ0) is 14.1. The summed E-state index contributed by atoms with van der Waals surface area (Å²) in [6.45, 7) is 3.02. The Labute approximate surface area is 107 Å². The number of hydrogen-bond acceptors (Lipinski definition) is 4. The SMILES string of the molecule is CC(C)OC(=O)c1cc(F)cc(S(=O)(=O)Cl)c1F. The first-order chi connectivity index (χ1) is 8.12. The maximum Gasteiger partial charge on any atom is 0.341 e. The van der Waals surface area contributed by atoms with Crippen LogP contribution >= 0.6 is 10.7 Å². The minimum Gasteiger partial charge on any atom is -0.459 e. The molecule has 0 aliphatic heterocycles. The van der Waals surface area contributed by atoms with Crippen molar-refractivity contribution in [1.29, 1.82) is 0 Å². The summed E-state index contributed by atoms with van der Waals surface area (Å²) in [5, 5.41) is 0. The van der Waals surface area contributed by atoms with Crippen LogP contribution in [0.3, 0.4) is 0 Å². The van der Waals surface area contributed by atoms with Gasteiger partial charge in [0, 0.05) is 10.7 Å². The first kappa shape index (κ1) is 14.8. The predicted molar refractivity (Wildman–Crippen MR) is 59.9 cm³/mol. The second-order valence-corrected chi connectivity index (χ2v) is 6.19. The summed E-state index contributed by atoms with van der Waals surface area (Å²) in [6, 6.07) is 0.940. The zero-order valence-electron chi connectivity index (χ0n) is 9.41. The Balaban J connectivity index is 3.39. The Bertz CT molecular complexity index is 584. The summed E-state index contributed by atoms with van der Waals surface area (Å²) in [6.07, 6.45) is -0.559. The van der Waals surface area contributed by atoms with E-state index in [9.17, 15) is 22.0 Å². The van der Waals surface area contributed by atoms with Gasteiger partial charge in [0.25, 0.3) is 9.05 Å². The zero-order valence-corrected chi connectivity index (χ0v) is 11.0. The molecule has 0 atom stereocenters. The van der Waals surface area contributed by atoms with Crippen molar-refractivity contribution in [1.82, 2.24) is 0 Å². The fraction of sp³-hybridized carbons (Fsp3) is 0.300. The highest BCUT2D eigenvalue weighted by Gasteiger charge is 2.25. The van der Waals surface area contributed by atoms with E-state index in [0.717, 1.165) is 0 Å². The summed E-state index contributed by atoms with van der Waals surface area (Å²) in [4.78, 5) is 10.3. The van der Waals surface area contributed by atoms with Gasteiger partial charge in [0.15, 0.2) is 5.82 Å². The van der Waals surface area contributed by atoms with Crippen LogP contribution < -0.4 is 0 Å². The molecule has 0 spiro atoms. The lowest BCUT2D eigenvalue weighted by Crippen LogP contribution is -2.15. The van der Waals surface area contributed by atoms with Crippen LogP contribution in [0.2, 0.25) is 0 Å². The third-order valence-electron chi connectivity index (χ3n) is 1.83. The number of carbonyl (C=O) groups is 1. The Morgan fingerprint density at radius 3 is 2.33 bits per heavy atom. The molecule has 0 aliphatic carbocycles. The van der Waals surface area contributed by atoms with Gasteiger partial charge in [0.2, 0.25) is 0 Å². The molecule has 0 amide bonds. The highest BCUT2D eigenvalue weighted by atomic mass is 35.7. The molecule has 1 rings (SSSR count). The van der Waals surface area contributed by atoms with Crippen molar-refractivity contribution in [3.05, 3.63) is 29.3 Å². The fourth-order valence-electron chi connectivity index (χ4n) is 1.17. The second kappa shape index (κ2) is 5.19. The second-order valence-electron chi connectivity index (χ2n) is 3.66. The van der Waals surface area contributed by atoms with E-state index in [1.54, 1.807) is 0 Å². The van der Waals surface area contributed by atoms with E-state index in [2.05, 4.69) is 4.74 Å². The molecular weight excluding hydrogens is 290 g/mol. The maximum absolute atomic E-state index is 13.7. The van der Waals surface area contributed by atoms with Crippen LogP contribution in [0, 0.1) is 11.6 Å². The van der Waals surface area contributed by atoms with Gasteiger partial charge in [-0.05, 0) is 26.0 Å². The van der Waals surface area contributed by atoms with E-state index in [1.807, 2.05) is 0 Å². The number of hydrogen-bond donors (Lipinski definition) is 0. The van der Waals surface area contributed by atoms with Crippen molar-refractivity contribution < 1.29 is 26.7 Å². The van der Waals surface area contributed by atoms with Gasteiger partial charge in [0.05, 0.1) is 11.7 Å². The molecule has 4 nitrogen and oxygen atoms in total. The minimum absolute atomic E-state index is 0.393. The third-order valence-corrected chi connectivity index (χ3v) is 3.15. The van der Waals surface area contributed by atoms with Crippen molar-refractivity contribution in [2.45, 2.75) is 24.8 Å². The molecule has 1 aromatic rings. The van der Waals surface area contributed by atoms with Gasteiger partial charge < -0.3 is 4.74 Å². The van der Waals surface area contributed by atoms with E-state index < -0.39 is 43.2 Å².